The summed E-state index contributed by atoms with van der Waals surface area (Å²) in [4.78, 5) is 0. The summed E-state index contributed by atoms with van der Waals surface area (Å²) in [5.74, 6) is 0.937. The molecule has 0 aliphatic rings. The van der Waals surface area contributed by atoms with E-state index in [0.29, 0.717) is 0 Å². The SMILES string of the molecule is Cc1ccc(OCCCCn2nnc3ccccc32)cc1. The van der Waals surface area contributed by atoms with Crippen LogP contribution in [0.4, 0.5) is 0 Å². The molecule has 1 aromatic heterocycles. The number of nitrogens with zero attached hydrogens (tertiary/aromatic N) is 3. The molecular weight excluding hydrogens is 262 g/mol. The van der Waals surface area contributed by atoms with Gasteiger partial charge in [-0.1, -0.05) is 35.0 Å². The van der Waals surface area contributed by atoms with Gasteiger partial charge in [0, 0.05) is 6.54 Å². The molecule has 2 aromatic carbocycles. The first kappa shape index (κ1) is 13.6. The van der Waals surface area contributed by atoms with Crippen molar-refractivity contribution < 1.29 is 4.74 Å². The Labute approximate surface area is 124 Å². The Morgan fingerprint density at radius 1 is 1.00 bits per heavy atom. The maximum Gasteiger partial charge on any atom is 0.119 e. The molecule has 0 saturated heterocycles. The molecule has 3 rings (SSSR count). The molecule has 0 radical (unpaired) electrons. The fourth-order valence-corrected chi connectivity index (χ4v) is 2.27. The van der Waals surface area contributed by atoms with E-state index < -0.39 is 0 Å². The van der Waals surface area contributed by atoms with Crippen molar-refractivity contribution >= 4 is 11.0 Å². The van der Waals surface area contributed by atoms with Crippen molar-refractivity contribution in [3.05, 3.63) is 54.1 Å². The fraction of sp³-hybridized carbons (Fsp3) is 0.294. The van der Waals surface area contributed by atoms with Gasteiger partial charge in [-0.2, -0.15) is 0 Å². The Morgan fingerprint density at radius 3 is 2.67 bits per heavy atom. The van der Waals surface area contributed by atoms with Gasteiger partial charge >= 0.3 is 0 Å². The van der Waals surface area contributed by atoms with Crippen LogP contribution in [0, 0.1) is 6.92 Å². The van der Waals surface area contributed by atoms with Crippen LogP contribution in [0.1, 0.15) is 18.4 Å². The lowest BCUT2D eigenvalue weighted by atomic mass is 10.2. The number of aromatic nitrogens is 3. The Bertz CT molecular complexity index is 703. The molecule has 0 saturated carbocycles. The van der Waals surface area contributed by atoms with E-state index in [-0.39, 0.29) is 0 Å². The predicted octanol–water partition coefficient (Wildman–Crippen LogP) is 3.60. The van der Waals surface area contributed by atoms with Gasteiger partial charge in [0.1, 0.15) is 11.3 Å². The van der Waals surface area contributed by atoms with Gasteiger partial charge in [-0.15, -0.1) is 5.10 Å². The van der Waals surface area contributed by atoms with Crippen molar-refractivity contribution in [3.8, 4) is 5.75 Å². The Morgan fingerprint density at radius 2 is 1.81 bits per heavy atom. The van der Waals surface area contributed by atoms with E-state index in [4.69, 9.17) is 4.74 Å². The highest BCUT2D eigenvalue weighted by atomic mass is 16.5. The summed E-state index contributed by atoms with van der Waals surface area (Å²) in [6.45, 7) is 3.68. The summed E-state index contributed by atoms with van der Waals surface area (Å²) in [6, 6.07) is 16.2. The van der Waals surface area contributed by atoms with Crippen LogP contribution in [-0.2, 0) is 6.54 Å². The van der Waals surface area contributed by atoms with Gasteiger partial charge in [-0.3, -0.25) is 0 Å². The van der Waals surface area contributed by atoms with E-state index in [1.54, 1.807) is 0 Å². The third kappa shape index (κ3) is 3.40. The van der Waals surface area contributed by atoms with Crippen molar-refractivity contribution in [2.24, 2.45) is 0 Å². The van der Waals surface area contributed by atoms with Crippen LogP contribution in [0.2, 0.25) is 0 Å². The van der Waals surface area contributed by atoms with Crippen LogP contribution >= 0.6 is 0 Å². The Hall–Kier alpha value is -2.36. The lowest BCUT2D eigenvalue weighted by molar-refractivity contribution is 0.302. The molecular formula is C17H19N3O. The third-order valence-corrected chi connectivity index (χ3v) is 3.47. The van der Waals surface area contributed by atoms with Gasteiger partial charge in [0.15, 0.2) is 0 Å². The number of unbranched alkanes of at least 4 members (excludes halogenated alkanes) is 1. The van der Waals surface area contributed by atoms with Crippen LogP contribution in [0.3, 0.4) is 0 Å². The average Bonchev–Trinajstić information content (AvgIpc) is 2.92. The predicted molar refractivity (Wildman–Crippen MR) is 83.4 cm³/mol. The average molecular weight is 281 g/mol. The molecule has 0 spiro atoms. The summed E-state index contributed by atoms with van der Waals surface area (Å²) in [6.07, 6.45) is 2.03. The van der Waals surface area contributed by atoms with Crippen molar-refractivity contribution in [2.75, 3.05) is 6.61 Å². The molecule has 0 N–H and O–H groups in total. The zero-order chi connectivity index (χ0) is 14.5. The van der Waals surface area contributed by atoms with E-state index >= 15 is 0 Å². The van der Waals surface area contributed by atoms with Crippen molar-refractivity contribution in [2.45, 2.75) is 26.3 Å². The van der Waals surface area contributed by atoms with Gasteiger partial charge in [-0.25, -0.2) is 4.68 Å². The van der Waals surface area contributed by atoms with E-state index in [1.807, 2.05) is 35.0 Å². The number of hydrogen-bond donors (Lipinski definition) is 0. The molecule has 1 heterocycles. The molecule has 0 amide bonds. The zero-order valence-corrected chi connectivity index (χ0v) is 12.2. The summed E-state index contributed by atoms with van der Waals surface area (Å²) < 4.78 is 7.68. The molecule has 21 heavy (non-hydrogen) atoms. The summed E-state index contributed by atoms with van der Waals surface area (Å²) in [7, 11) is 0. The molecule has 0 fully saturated rings. The monoisotopic (exact) mass is 281 g/mol. The largest absolute Gasteiger partial charge is 0.494 e. The fourth-order valence-electron chi connectivity index (χ4n) is 2.27. The molecule has 4 heteroatoms. The highest BCUT2D eigenvalue weighted by Crippen LogP contribution is 2.13. The zero-order valence-electron chi connectivity index (χ0n) is 12.2. The summed E-state index contributed by atoms with van der Waals surface area (Å²) in [5, 5.41) is 8.34. The highest BCUT2D eigenvalue weighted by molar-refractivity contribution is 5.73. The van der Waals surface area contributed by atoms with Gasteiger partial charge in [-0.05, 0) is 44.0 Å². The second kappa shape index (κ2) is 6.39. The number of aryl methyl sites for hydroxylation is 2. The Kier molecular flexibility index (Phi) is 4.15. The molecule has 0 aliphatic heterocycles. The topological polar surface area (TPSA) is 39.9 Å². The minimum Gasteiger partial charge on any atom is -0.494 e. The first-order valence-corrected chi connectivity index (χ1v) is 7.30. The van der Waals surface area contributed by atoms with Crippen LogP contribution in [0.25, 0.3) is 11.0 Å². The number of para-hydroxylation sites is 1. The van der Waals surface area contributed by atoms with Gasteiger partial charge in [0.2, 0.25) is 0 Å². The van der Waals surface area contributed by atoms with Gasteiger partial charge in [0.25, 0.3) is 0 Å². The lowest BCUT2D eigenvalue weighted by Gasteiger charge is -2.06. The van der Waals surface area contributed by atoms with Crippen LogP contribution in [0.15, 0.2) is 48.5 Å². The lowest BCUT2D eigenvalue weighted by Crippen LogP contribution is -2.03. The van der Waals surface area contributed by atoms with E-state index in [2.05, 4.69) is 35.4 Å². The minimum absolute atomic E-state index is 0.732. The third-order valence-electron chi connectivity index (χ3n) is 3.47. The molecule has 108 valence electrons. The second-order valence-corrected chi connectivity index (χ2v) is 5.17. The van der Waals surface area contributed by atoms with Crippen molar-refractivity contribution in [1.82, 2.24) is 15.0 Å². The van der Waals surface area contributed by atoms with E-state index in [9.17, 15) is 0 Å². The molecule has 4 nitrogen and oxygen atoms in total. The van der Waals surface area contributed by atoms with Crippen molar-refractivity contribution in [1.29, 1.82) is 0 Å². The van der Waals surface area contributed by atoms with Gasteiger partial charge in [0.05, 0.1) is 12.1 Å². The number of rotatable bonds is 6. The Balaban J connectivity index is 1.45. The second-order valence-electron chi connectivity index (χ2n) is 5.17. The quantitative estimate of drug-likeness (QED) is 0.648. The van der Waals surface area contributed by atoms with E-state index in [0.717, 1.165) is 42.8 Å². The number of hydrogen-bond acceptors (Lipinski definition) is 3. The maximum absolute atomic E-state index is 5.72. The summed E-state index contributed by atoms with van der Waals surface area (Å²) >= 11 is 0. The van der Waals surface area contributed by atoms with Gasteiger partial charge < -0.3 is 4.74 Å². The first-order chi connectivity index (χ1) is 10.3. The van der Waals surface area contributed by atoms with Crippen molar-refractivity contribution in [3.63, 3.8) is 0 Å². The highest BCUT2D eigenvalue weighted by Gasteiger charge is 2.02. The van der Waals surface area contributed by atoms with E-state index in [1.165, 1.54) is 5.56 Å². The number of ether oxygens (including phenoxy) is 1. The van der Waals surface area contributed by atoms with Crippen LogP contribution in [-0.4, -0.2) is 21.6 Å². The van der Waals surface area contributed by atoms with Crippen LogP contribution in [0.5, 0.6) is 5.75 Å². The minimum atomic E-state index is 0.732. The standard InChI is InChI=1S/C17H19N3O/c1-14-8-10-15(11-9-14)21-13-5-4-12-20-17-7-3-2-6-16(17)18-19-20/h2-3,6-11H,4-5,12-13H2,1H3. The summed E-state index contributed by atoms with van der Waals surface area (Å²) in [5.41, 5.74) is 3.30. The molecule has 0 aliphatic carbocycles. The molecule has 0 atom stereocenters. The first-order valence-electron chi connectivity index (χ1n) is 7.30. The number of benzene rings is 2. The molecule has 3 aromatic rings. The smallest absolute Gasteiger partial charge is 0.119 e. The van der Waals surface area contributed by atoms with Crippen LogP contribution < -0.4 is 4.74 Å². The molecule has 0 bridgehead atoms. The number of fused-ring (bicyclic) bond motifs is 1. The maximum atomic E-state index is 5.72. The molecule has 0 unspecified atom stereocenters. The normalized spacial score (nSPS) is 10.9.